The Morgan fingerprint density at radius 1 is 1.48 bits per heavy atom. The predicted molar refractivity (Wildman–Crippen MR) is 94.8 cm³/mol. The first kappa shape index (κ1) is 19.1. The number of rotatable bonds is 3. The van der Waals surface area contributed by atoms with Crippen molar-refractivity contribution in [1.29, 1.82) is 0 Å². The third kappa shape index (κ3) is 5.94. The predicted octanol–water partition coefficient (Wildman–Crippen LogP) is 4.09. The molecule has 0 atom stereocenters. The van der Waals surface area contributed by atoms with Crippen LogP contribution in [-0.4, -0.2) is 45.9 Å². The van der Waals surface area contributed by atoms with Crippen LogP contribution in [0.3, 0.4) is 0 Å². The second-order valence-corrected chi connectivity index (χ2v) is 6.93. The van der Waals surface area contributed by atoms with E-state index >= 15 is 0 Å². The van der Waals surface area contributed by atoms with Crippen molar-refractivity contribution in [3.8, 4) is 0 Å². The lowest BCUT2D eigenvalue weighted by Crippen LogP contribution is -2.35. The van der Waals surface area contributed by atoms with Gasteiger partial charge in [-0.05, 0) is 56.5 Å². The zero-order valence-electron chi connectivity index (χ0n) is 14.6. The molecule has 1 aliphatic carbocycles. The molecule has 0 saturated carbocycles. The number of hydrogen-bond acceptors (Lipinski definition) is 5. The van der Waals surface area contributed by atoms with Crippen LogP contribution in [0.4, 0.5) is 15.0 Å². The molecule has 1 aliphatic rings. The second-order valence-electron chi connectivity index (χ2n) is 6.59. The fourth-order valence-corrected chi connectivity index (χ4v) is 2.20. The van der Waals surface area contributed by atoms with Gasteiger partial charge >= 0.3 is 6.09 Å². The highest BCUT2D eigenvalue weighted by Gasteiger charge is 2.20. The molecule has 0 aromatic carbocycles. The molecule has 1 amide bonds. The van der Waals surface area contributed by atoms with Crippen LogP contribution in [0.15, 0.2) is 35.0 Å². The van der Waals surface area contributed by atoms with Gasteiger partial charge in [0.2, 0.25) is 5.28 Å². The summed E-state index contributed by atoms with van der Waals surface area (Å²) in [5, 5.41) is -0.0746. The fourth-order valence-electron chi connectivity index (χ4n) is 2.07. The number of aromatic nitrogens is 2. The van der Waals surface area contributed by atoms with E-state index in [4.69, 9.17) is 16.3 Å². The molecule has 0 radical (unpaired) electrons. The van der Waals surface area contributed by atoms with Gasteiger partial charge in [-0.1, -0.05) is 6.08 Å². The quantitative estimate of drug-likeness (QED) is 0.755. The lowest BCUT2D eigenvalue weighted by Gasteiger charge is -2.25. The molecular formula is C17H20ClFN4O2. The Bertz CT molecular complexity index is 754. The molecule has 0 unspecified atom stereocenters. The van der Waals surface area contributed by atoms with Gasteiger partial charge in [-0.3, -0.25) is 0 Å². The SMILES string of the molecule is CN(CC1=CC(=Nc2nc(Cl)ncc2F)C=CC1)C(=O)OC(C)(C)C. The zero-order valence-corrected chi connectivity index (χ0v) is 15.3. The average molecular weight is 367 g/mol. The van der Waals surface area contributed by atoms with Crippen LogP contribution in [-0.2, 0) is 4.74 Å². The maximum absolute atomic E-state index is 13.7. The third-order valence-electron chi connectivity index (χ3n) is 3.10. The summed E-state index contributed by atoms with van der Waals surface area (Å²) in [6, 6.07) is 0. The first-order valence-electron chi connectivity index (χ1n) is 7.71. The van der Waals surface area contributed by atoms with Gasteiger partial charge in [-0.25, -0.2) is 19.2 Å². The Morgan fingerprint density at radius 2 is 2.20 bits per heavy atom. The first-order chi connectivity index (χ1) is 11.6. The van der Waals surface area contributed by atoms with Crippen LogP contribution >= 0.6 is 11.6 Å². The van der Waals surface area contributed by atoms with Crippen molar-refractivity contribution < 1.29 is 13.9 Å². The maximum atomic E-state index is 13.7. The molecule has 0 bridgehead atoms. The largest absolute Gasteiger partial charge is 0.444 e. The highest BCUT2D eigenvalue weighted by atomic mass is 35.5. The van der Waals surface area contributed by atoms with E-state index in [-0.39, 0.29) is 11.1 Å². The molecule has 0 spiro atoms. The average Bonchev–Trinajstić information content (AvgIpc) is 2.49. The summed E-state index contributed by atoms with van der Waals surface area (Å²) in [6.45, 7) is 5.82. The molecule has 2 rings (SSSR count). The van der Waals surface area contributed by atoms with Crippen LogP contribution in [0, 0.1) is 5.82 Å². The minimum absolute atomic E-state index is 0.0746. The molecule has 0 N–H and O–H groups in total. The molecule has 8 heteroatoms. The highest BCUT2D eigenvalue weighted by Crippen LogP contribution is 2.19. The number of carbonyl (C=O) groups excluding carboxylic acids is 1. The number of amides is 1. The summed E-state index contributed by atoms with van der Waals surface area (Å²) in [5.41, 5.74) is 0.908. The number of allylic oxidation sites excluding steroid dienone is 3. The Hall–Kier alpha value is -2.28. The van der Waals surface area contributed by atoms with E-state index in [0.29, 0.717) is 18.7 Å². The number of aliphatic imine (C=N–C) groups is 1. The third-order valence-corrected chi connectivity index (χ3v) is 3.28. The van der Waals surface area contributed by atoms with Crippen molar-refractivity contribution in [2.75, 3.05) is 13.6 Å². The van der Waals surface area contributed by atoms with Gasteiger partial charge in [0, 0.05) is 13.6 Å². The van der Waals surface area contributed by atoms with E-state index < -0.39 is 17.5 Å². The summed E-state index contributed by atoms with van der Waals surface area (Å²) in [5.74, 6) is -0.783. The topological polar surface area (TPSA) is 67.7 Å². The Labute approximate surface area is 151 Å². The van der Waals surface area contributed by atoms with Gasteiger partial charge in [-0.2, -0.15) is 4.98 Å². The van der Waals surface area contributed by atoms with Gasteiger partial charge in [-0.15, -0.1) is 0 Å². The standard InChI is InChI=1S/C17H20ClFN4O2/c1-17(2,3)25-16(24)23(4)10-11-6-5-7-12(8-11)21-14-13(19)9-20-15(18)22-14/h5,7-9H,6,10H2,1-4H3. The lowest BCUT2D eigenvalue weighted by molar-refractivity contribution is 0.0313. The molecule has 1 aromatic heterocycles. The molecule has 1 heterocycles. The molecule has 134 valence electrons. The summed E-state index contributed by atoms with van der Waals surface area (Å²) in [6.07, 6.45) is 6.66. The Balaban J connectivity index is 2.12. The van der Waals surface area contributed by atoms with Crippen LogP contribution in [0.5, 0.6) is 0 Å². The van der Waals surface area contributed by atoms with Crippen LogP contribution in [0.25, 0.3) is 0 Å². The summed E-state index contributed by atoms with van der Waals surface area (Å²) in [4.78, 5) is 25.0. The highest BCUT2D eigenvalue weighted by molar-refractivity contribution is 6.28. The smallest absolute Gasteiger partial charge is 0.410 e. The van der Waals surface area contributed by atoms with Crippen molar-refractivity contribution in [3.05, 3.63) is 41.1 Å². The molecular weight excluding hydrogens is 347 g/mol. The van der Waals surface area contributed by atoms with E-state index in [2.05, 4.69) is 15.0 Å². The van der Waals surface area contributed by atoms with Crippen molar-refractivity contribution in [1.82, 2.24) is 14.9 Å². The number of ether oxygens (including phenoxy) is 1. The summed E-state index contributed by atoms with van der Waals surface area (Å²) >= 11 is 5.67. The van der Waals surface area contributed by atoms with Gasteiger partial charge < -0.3 is 9.64 Å². The van der Waals surface area contributed by atoms with Crippen molar-refractivity contribution in [3.63, 3.8) is 0 Å². The summed E-state index contributed by atoms with van der Waals surface area (Å²) in [7, 11) is 1.66. The molecule has 0 saturated heterocycles. The van der Waals surface area contributed by atoms with Gasteiger partial charge in [0.25, 0.3) is 0 Å². The van der Waals surface area contributed by atoms with E-state index in [9.17, 15) is 9.18 Å². The van der Waals surface area contributed by atoms with Crippen molar-refractivity contribution in [2.24, 2.45) is 4.99 Å². The van der Waals surface area contributed by atoms with E-state index in [0.717, 1.165) is 11.8 Å². The normalized spacial score (nSPS) is 15.9. The number of halogens is 2. The number of carbonyl (C=O) groups is 1. The Kier molecular flexibility index (Phi) is 5.89. The van der Waals surface area contributed by atoms with Crippen molar-refractivity contribution in [2.45, 2.75) is 32.8 Å². The number of nitrogens with zero attached hydrogens (tertiary/aromatic N) is 4. The number of likely N-dealkylation sites (N-methyl/N-ethyl adjacent to an activating group) is 1. The van der Waals surface area contributed by atoms with Gasteiger partial charge in [0.1, 0.15) is 5.60 Å². The van der Waals surface area contributed by atoms with Gasteiger partial charge in [0.05, 0.1) is 11.9 Å². The molecule has 0 aliphatic heterocycles. The minimum atomic E-state index is -0.656. The monoisotopic (exact) mass is 366 g/mol. The number of hydrogen-bond donors (Lipinski definition) is 0. The van der Waals surface area contributed by atoms with Crippen molar-refractivity contribution >= 4 is 29.2 Å². The first-order valence-corrected chi connectivity index (χ1v) is 8.08. The van der Waals surface area contributed by atoms with E-state index in [1.807, 2.05) is 26.8 Å². The van der Waals surface area contributed by atoms with E-state index in [1.54, 1.807) is 19.2 Å². The molecule has 25 heavy (non-hydrogen) atoms. The zero-order chi connectivity index (χ0) is 18.6. The molecule has 0 fully saturated rings. The summed E-state index contributed by atoms with van der Waals surface area (Å²) < 4.78 is 19.0. The minimum Gasteiger partial charge on any atom is -0.444 e. The Morgan fingerprint density at radius 3 is 2.88 bits per heavy atom. The van der Waals surface area contributed by atoms with Crippen LogP contribution in [0.1, 0.15) is 27.2 Å². The maximum Gasteiger partial charge on any atom is 0.410 e. The van der Waals surface area contributed by atoms with Crippen LogP contribution in [0.2, 0.25) is 5.28 Å². The second kappa shape index (κ2) is 7.74. The lowest BCUT2D eigenvalue weighted by atomic mass is 10.0. The van der Waals surface area contributed by atoms with Gasteiger partial charge in [0.15, 0.2) is 11.6 Å². The van der Waals surface area contributed by atoms with Crippen LogP contribution < -0.4 is 0 Å². The molecule has 1 aromatic rings. The molecule has 6 nitrogen and oxygen atoms in total. The fraction of sp³-hybridized carbons (Fsp3) is 0.412. The van der Waals surface area contributed by atoms with E-state index in [1.165, 1.54) is 4.90 Å².